The normalized spacial score (nSPS) is 12.6. The van der Waals surface area contributed by atoms with Crippen LogP contribution in [0.5, 0.6) is 11.5 Å². The molecule has 0 amide bonds. The fourth-order valence-corrected chi connectivity index (χ4v) is 7.30. The molecule has 4 aromatic rings. The van der Waals surface area contributed by atoms with Crippen LogP contribution in [0.25, 0.3) is 11.1 Å². The lowest BCUT2D eigenvalue weighted by Gasteiger charge is -2.35. The van der Waals surface area contributed by atoms with E-state index < -0.39 is 17.4 Å². The molecule has 0 atom stereocenters. The molecule has 0 fully saturated rings. The summed E-state index contributed by atoms with van der Waals surface area (Å²) in [7, 11) is 2.78. The molecule has 1 aliphatic carbocycles. The lowest BCUT2D eigenvalue weighted by atomic mass is 9.67. The molecule has 0 saturated heterocycles. The van der Waals surface area contributed by atoms with Crippen LogP contribution in [0.4, 0.5) is 0 Å². The Bertz CT molecular complexity index is 1660. The van der Waals surface area contributed by atoms with Crippen LogP contribution >= 0.6 is 15.9 Å². The molecule has 0 unspecified atom stereocenters. The van der Waals surface area contributed by atoms with Crippen LogP contribution in [-0.4, -0.2) is 39.4 Å². The van der Waals surface area contributed by atoms with Crippen LogP contribution in [0.1, 0.15) is 114 Å². The van der Waals surface area contributed by atoms with Gasteiger partial charge in [0.15, 0.2) is 0 Å². The second-order valence-corrected chi connectivity index (χ2v) is 13.6. The van der Waals surface area contributed by atoms with Crippen molar-refractivity contribution >= 4 is 27.9 Å². The van der Waals surface area contributed by atoms with Crippen molar-refractivity contribution in [3.8, 4) is 22.6 Å². The van der Waals surface area contributed by atoms with E-state index in [1.807, 2.05) is 42.5 Å². The largest absolute Gasteiger partial charge is 0.493 e. The number of carbonyl (C=O) groups excluding carboxylic acids is 2. The first-order valence-corrected chi connectivity index (χ1v) is 18.2. The zero-order valence-corrected chi connectivity index (χ0v) is 30.9. The lowest BCUT2D eigenvalue weighted by Crippen LogP contribution is -2.30. The van der Waals surface area contributed by atoms with E-state index in [0.717, 1.165) is 94.8 Å². The summed E-state index contributed by atoms with van der Waals surface area (Å²) in [5.74, 6) is 0.0293. The Labute approximate surface area is 299 Å². The van der Waals surface area contributed by atoms with Crippen LogP contribution < -0.4 is 9.47 Å². The summed E-state index contributed by atoms with van der Waals surface area (Å²) in [4.78, 5) is 26.8. The summed E-state index contributed by atoms with van der Waals surface area (Å²) in [5.41, 5.74) is 6.81. The number of methoxy groups -OCH3 is 2. The summed E-state index contributed by atoms with van der Waals surface area (Å²) in [5, 5.41) is 0. The summed E-state index contributed by atoms with van der Waals surface area (Å²) in [6.07, 6.45) is 8.47. The minimum atomic E-state index is -0.911. The van der Waals surface area contributed by atoms with Crippen molar-refractivity contribution in [2.75, 3.05) is 27.4 Å². The number of fused-ring (bicyclic) bond motifs is 3. The van der Waals surface area contributed by atoms with Gasteiger partial charge in [0.05, 0.1) is 32.8 Å². The van der Waals surface area contributed by atoms with Gasteiger partial charge < -0.3 is 18.9 Å². The fourth-order valence-electron chi connectivity index (χ4n) is 6.94. The third-order valence-corrected chi connectivity index (χ3v) is 9.89. The van der Waals surface area contributed by atoms with Gasteiger partial charge in [-0.25, -0.2) is 9.59 Å². The average Bonchev–Trinajstić information content (AvgIpc) is 3.39. The Morgan fingerprint density at radius 2 is 1.10 bits per heavy atom. The third-order valence-electron chi connectivity index (χ3n) is 9.40. The molecule has 0 N–H and O–H groups in total. The molecule has 6 nitrogen and oxygen atoms in total. The minimum Gasteiger partial charge on any atom is -0.493 e. The molecular weight excluding hydrogens is 680 g/mol. The van der Waals surface area contributed by atoms with E-state index in [9.17, 15) is 9.59 Å². The number of hydrogen-bond acceptors (Lipinski definition) is 6. The maximum Gasteiger partial charge on any atom is 0.341 e. The van der Waals surface area contributed by atoms with Crippen LogP contribution in [0, 0.1) is 6.92 Å². The second kappa shape index (κ2) is 16.5. The van der Waals surface area contributed by atoms with Crippen molar-refractivity contribution in [2.45, 2.75) is 77.6 Å². The molecular formula is C42H47BrO6. The van der Waals surface area contributed by atoms with Crippen molar-refractivity contribution < 1.29 is 28.5 Å². The monoisotopic (exact) mass is 726 g/mol. The Morgan fingerprint density at radius 3 is 1.59 bits per heavy atom. The van der Waals surface area contributed by atoms with E-state index in [1.165, 1.54) is 14.2 Å². The van der Waals surface area contributed by atoms with Crippen LogP contribution in [-0.2, 0) is 14.9 Å². The molecule has 0 saturated carbocycles. The highest BCUT2D eigenvalue weighted by Crippen LogP contribution is 2.57. The molecule has 5 rings (SSSR count). The van der Waals surface area contributed by atoms with Crippen LogP contribution in [0.15, 0.2) is 77.3 Å². The Morgan fingerprint density at radius 1 is 0.612 bits per heavy atom. The molecule has 49 heavy (non-hydrogen) atoms. The molecule has 0 bridgehead atoms. The Hall–Kier alpha value is -4.10. The highest BCUT2D eigenvalue weighted by Gasteiger charge is 2.47. The summed E-state index contributed by atoms with van der Waals surface area (Å²) >= 11 is 3.75. The Kier molecular flexibility index (Phi) is 12.2. The standard InChI is InChI=1S/C42H47BrO6/c1-6-8-10-12-22-48-38-20-15-29(25-34(38)40(44)46-4)42(36-24-28(3)14-18-32(36)33-19-17-31(43)27-37(33)42)30-16-21-39(35(26-30)41(45)47-5)49-23-13-11-9-7-2/h14-21,24-27H,6-13,22-23H2,1-5H3. The zero-order chi connectivity index (χ0) is 35.0. The van der Waals surface area contributed by atoms with Gasteiger partial charge in [0, 0.05) is 4.47 Å². The van der Waals surface area contributed by atoms with Crippen LogP contribution in [0.2, 0.25) is 0 Å². The van der Waals surface area contributed by atoms with Gasteiger partial charge in [0.2, 0.25) is 0 Å². The number of hydrogen-bond donors (Lipinski definition) is 0. The van der Waals surface area contributed by atoms with Gasteiger partial charge in [0.25, 0.3) is 0 Å². The van der Waals surface area contributed by atoms with Crippen molar-refractivity contribution in [3.05, 3.63) is 116 Å². The number of ether oxygens (including phenoxy) is 4. The minimum absolute atomic E-state index is 0.354. The van der Waals surface area contributed by atoms with E-state index in [-0.39, 0.29) is 0 Å². The average molecular weight is 728 g/mol. The Balaban J connectivity index is 1.75. The summed E-state index contributed by atoms with van der Waals surface area (Å²) in [6, 6.07) is 24.4. The zero-order valence-electron chi connectivity index (χ0n) is 29.3. The molecule has 0 aliphatic heterocycles. The van der Waals surface area contributed by atoms with Crippen molar-refractivity contribution in [1.82, 2.24) is 0 Å². The summed E-state index contributed by atoms with van der Waals surface area (Å²) < 4.78 is 23.9. The van der Waals surface area contributed by atoms with E-state index in [2.05, 4.69) is 67.0 Å². The molecule has 258 valence electrons. The number of benzene rings is 4. The van der Waals surface area contributed by atoms with E-state index in [0.29, 0.717) is 35.8 Å². The number of carbonyl (C=O) groups is 2. The number of esters is 2. The topological polar surface area (TPSA) is 71.1 Å². The van der Waals surface area contributed by atoms with Crippen molar-refractivity contribution in [3.63, 3.8) is 0 Å². The quantitative estimate of drug-likeness (QED) is 0.0744. The highest BCUT2D eigenvalue weighted by atomic mass is 79.9. The van der Waals surface area contributed by atoms with Gasteiger partial charge >= 0.3 is 11.9 Å². The van der Waals surface area contributed by atoms with Gasteiger partial charge in [-0.1, -0.05) is 110 Å². The summed E-state index contributed by atoms with van der Waals surface area (Å²) in [6.45, 7) is 7.44. The predicted molar refractivity (Wildman–Crippen MR) is 198 cm³/mol. The maximum atomic E-state index is 13.4. The number of rotatable bonds is 16. The van der Waals surface area contributed by atoms with E-state index in [4.69, 9.17) is 18.9 Å². The molecule has 0 radical (unpaired) electrons. The predicted octanol–water partition coefficient (Wildman–Crippen LogP) is 10.6. The number of halogens is 1. The van der Waals surface area contributed by atoms with E-state index >= 15 is 0 Å². The molecule has 1 aliphatic rings. The molecule has 0 spiro atoms. The number of aryl methyl sites for hydroxylation is 1. The molecule has 0 aromatic heterocycles. The molecule has 7 heteroatoms. The molecule has 0 heterocycles. The van der Waals surface area contributed by atoms with Crippen LogP contribution in [0.3, 0.4) is 0 Å². The molecule has 4 aromatic carbocycles. The van der Waals surface area contributed by atoms with Gasteiger partial charge in [-0.2, -0.15) is 0 Å². The van der Waals surface area contributed by atoms with Crippen molar-refractivity contribution in [1.29, 1.82) is 0 Å². The smallest absolute Gasteiger partial charge is 0.341 e. The first kappa shape index (κ1) is 36.2. The second-order valence-electron chi connectivity index (χ2n) is 12.7. The van der Waals surface area contributed by atoms with Crippen molar-refractivity contribution in [2.24, 2.45) is 0 Å². The highest BCUT2D eigenvalue weighted by molar-refractivity contribution is 9.10. The van der Waals surface area contributed by atoms with Gasteiger partial charge in [0.1, 0.15) is 22.6 Å². The first-order chi connectivity index (χ1) is 23.8. The number of unbranched alkanes of at least 4 members (excludes halogenated alkanes) is 6. The van der Waals surface area contributed by atoms with E-state index in [1.54, 1.807) is 0 Å². The SMILES string of the molecule is CCCCCCOc1ccc(C2(c3ccc(OCCCCCC)c(C(=O)OC)c3)c3cc(C)ccc3-c3ccc(Br)cc32)cc1C(=O)OC. The van der Waals surface area contributed by atoms with Gasteiger partial charge in [-0.05, 0) is 89.5 Å². The lowest BCUT2D eigenvalue weighted by molar-refractivity contribution is 0.0586. The van der Waals surface area contributed by atoms with Gasteiger partial charge in [-0.15, -0.1) is 0 Å². The maximum absolute atomic E-state index is 13.4. The third kappa shape index (κ3) is 7.42. The van der Waals surface area contributed by atoms with Gasteiger partial charge in [-0.3, -0.25) is 0 Å². The first-order valence-electron chi connectivity index (χ1n) is 17.4. The fraction of sp³-hybridized carbons (Fsp3) is 0.381.